The number of nitrogens with zero attached hydrogens (tertiary/aromatic N) is 3. The van der Waals surface area contributed by atoms with Crippen molar-refractivity contribution in [2.75, 3.05) is 13.6 Å². The van der Waals surface area contributed by atoms with Gasteiger partial charge in [-0.3, -0.25) is 0 Å². The van der Waals surface area contributed by atoms with Gasteiger partial charge in [-0.25, -0.2) is 0 Å². The van der Waals surface area contributed by atoms with Crippen molar-refractivity contribution in [1.82, 2.24) is 20.1 Å². The van der Waals surface area contributed by atoms with E-state index in [4.69, 9.17) is 0 Å². The number of hydrogen-bond donors (Lipinski definition) is 1. The van der Waals surface area contributed by atoms with Gasteiger partial charge in [0.1, 0.15) is 11.6 Å². The molecule has 0 unspecified atom stereocenters. The van der Waals surface area contributed by atoms with Crippen molar-refractivity contribution >= 4 is 0 Å². The van der Waals surface area contributed by atoms with Gasteiger partial charge in [0.15, 0.2) is 0 Å². The predicted octanol–water partition coefficient (Wildman–Crippen LogP) is 1.46. The summed E-state index contributed by atoms with van der Waals surface area (Å²) < 4.78 is 2.35. The molecule has 1 heterocycles. The zero-order valence-corrected chi connectivity index (χ0v) is 9.66. The molecule has 15 heavy (non-hydrogen) atoms. The van der Waals surface area contributed by atoms with Crippen LogP contribution in [0.3, 0.4) is 0 Å². The molecule has 1 aliphatic carbocycles. The first kappa shape index (κ1) is 10.6. The van der Waals surface area contributed by atoms with Crippen LogP contribution in [-0.2, 0) is 6.42 Å². The fraction of sp³-hybridized carbons (Fsp3) is 0.818. The van der Waals surface area contributed by atoms with E-state index in [2.05, 4.69) is 27.0 Å². The maximum Gasteiger partial charge on any atom is 0.134 e. The van der Waals surface area contributed by atoms with Crippen molar-refractivity contribution in [2.45, 2.75) is 45.1 Å². The first-order valence-corrected chi connectivity index (χ1v) is 5.88. The van der Waals surface area contributed by atoms with Crippen molar-refractivity contribution in [2.24, 2.45) is 0 Å². The fourth-order valence-corrected chi connectivity index (χ4v) is 2.46. The molecule has 84 valence electrons. The second kappa shape index (κ2) is 4.75. The van der Waals surface area contributed by atoms with Gasteiger partial charge in [0.2, 0.25) is 0 Å². The summed E-state index contributed by atoms with van der Waals surface area (Å²) in [4.78, 5) is 0. The smallest absolute Gasteiger partial charge is 0.134 e. The highest BCUT2D eigenvalue weighted by Gasteiger charge is 2.21. The Balaban J connectivity index is 2.15. The molecular weight excluding hydrogens is 188 g/mol. The number of nitrogens with one attached hydrogen (secondary N) is 1. The maximum absolute atomic E-state index is 4.27. The van der Waals surface area contributed by atoms with Crippen LogP contribution in [0.4, 0.5) is 0 Å². The molecular formula is C11H20N4. The van der Waals surface area contributed by atoms with Gasteiger partial charge < -0.3 is 9.88 Å². The molecule has 4 heteroatoms. The van der Waals surface area contributed by atoms with E-state index in [9.17, 15) is 0 Å². The van der Waals surface area contributed by atoms with E-state index in [1.54, 1.807) is 0 Å². The van der Waals surface area contributed by atoms with Gasteiger partial charge in [-0.05, 0) is 26.8 Å². The minimum absolute atomic E-state index is 0.659. The summed E-state index contributed by atoms with van der Waals surface area (Å²) in [7, 11) is 1.98. The zero-order valence-electron chi connectivity index (χ0n) is 9.66. The molecule has 0 bridgehead atoms. The number of hydrogen-bond acceptors (Lipinski definition) is 3. The number of likely N-dealkylation sites (N-methyl/N-ethyl adjacent to an activating group) is 1. The predicted molar refractivity (Wildman–Crippen MR) is 59.9 cm³/mol. The SMILES string of the molecule is CNCCc1nnc(C)n1C1CCCC1. The van der Waals surface area contributed by atoms with E-state index in [1.165, 1.54) is 25.7 Å². The Morgan fingerprint density at radius 3 is 2.73 bits per heavy atom. The van der Waals surface area contributed by atoms with E-state index in [0.29, 0.717) is 6.04 Å². The van der Waals surface area contributed by atoms with Crippen LogP contribution in [0.15, 0.2) is 0 Å². The molecule has 1 saturated carbocycles. The van der Waals surface area contributed by atoms with Crippen LogP contribution in [0.25, 0.3) is 0 Å². The van der Waals surface area contributed by atoms with Gasteiger partial charge in [0.25, 0.3) is 0 Å². The topological polar surface area (TPSA) is 42.7 Å². The highest BCUT2D eigenvalue weighted by atomic mass is 15.3. The van der Waals surface area contributed by atoms with E-state index in [1.807, 2.05) is 7.05 Å². The largest absolute Gasteiger partial charge is 0.319 e. The lowest BCUT2D eigenvalue weighted by Crippen LogP contribution is -2.16. The van der Waals surface area contributed by atoms with Crippen LogP contribution in [0.5, 0.6) is 0 Å². The Hall–Kier alpha value is -0.900. The molecule has 4 nitrogen and oxygen atoms in total. The molecule has 0 atom stereocenters. The zero-order chi connectivity index (χ0) is 10.7. The first-order chi connectivity index (χ1) is 7.33. The van der Waals surface area contributed by atoms with E-state index < -0.39 is 0 Å². The van der Waals surface area contributed by atoms with Gasteiger partial charge >= 0.3 is 0 Å². The van der Waals surface area contributed by atoms with Gasteiger partial charge in [0, 0.05) is 19.0 Å². The van der Waals surface area contributed by atoms with Gasteiger partial charge in [-0.2, -0.15) is 0 Å². The molecule has 1 aromatic rings. The Morgan fingerprint density at radius 2 is 2.07 bits per heavy atom. The van der Waals surface area contributed by atoms with E-state index in [0.717, 1.165) is 24.6 Å². The van der Waals surface area contributed by atoms with E-state index in [-0.39, 0.29) is 0 Å². The lowest BCUT2D eigenvalue weighted by Gasteiger charge is -2.15. The minimum Gasteiger partial charge on any atom is -0.319 e. The molecule has 0 saturated heterocycles. The summed E-state index contributed by atoms with van der Waals surface area (Å²) in [5, 5.41) is 11.6. The third-order valence-electron chi connectivity index (χ3n) is 3.23. The van der Waals surface area contributed by atoms with Crippen LogP contribution in [0.2, 0.25) is 0 Å². The average molecular weight is 208 g/mol. The third-order valence-corrected chi connectivity index (χ3v) is 3.23. The molecule has 2 rings (SSSR count). The summed E-state index contributed by atoms with van der Waals surface area (Å²) in [5.74, 6) is 2.22. The maximum atomic E-state index is 4.27. The average Bonchev–Trinajstić information content (AvgIpc) is 2.84. The number of aryl methyl sites for hydroxylation is 1. The van der Waals surface area contributed by atoms with Crippen LogP contribution < -0.4 is 5.32 Å². The van der Waals surface area contributed by atoms with Crippen molar-refractivity contribution < 1.29 is 0 Å². The summed E-state index contributed by atoms with van der Waals surface area (Å²) in [6.07, 6.45) is 6.28. The van der Waals surface area contributed by atoms with Crippen molar-refractivity contribution in [3.8, 4) is 0 Å². The van der Waals surface area contributed by atoms with Gasteiger partial charge in [0.05, 0.1) is 0 Å². The van der Waals surface area contributed by atoms with Crippen molar-refractivity contribution in [3.05, 3.63) is 11.6 Å². The van der Waals surface area contributed by atoms with Crippen LogP contribution in [0.1, 0.15) is 43.4 Å². The fourth-order valence-electron chi connectivity index (χ4n) is 2.46. The monoisotopic (exact) mass is 208 g/mol. The van der Waals surface area contributed by atoms with Crippen LogP contribution >= 0.6 is 0 Å². The molecule has 0 spiro atoms. The molecule has 1 aliphatic rings. The van der Waals surface area contributed by atoms with Gasteiger partial charge in [-0.15, -0.1) is 10.2 Å². The Bertz CT molecular complexity index is 312. The summed E-state index contributed by atoms with van der Waals surface area (Å²) >= 11 is 0. The lowest BCUT2D eigenvalue weighted by atomic mass is 10.2. The molecule has 0 amide bonds. The number of rotatable bonds is 4. The number of aromatic nitrogens is 3. The Morgan fingerprint density at radius 1 is 1.33 bits per heavy atom. The first-order valence-electron chi connectivity index (χ1n) is 5.88. The molecule has 1 aromatic heterocycles. The summed E-state index contributed by atoms with van der Waals surface area (Å²) in [6, 6.07) is 0.659. The highest BCUT2D eigenvalue weighted by Crippen LogP contribution is 2.30. The van der Waals surface area contributed by atoms with Crippen LogP contribution in [0, 0.1) is 6.92 Å². The van der Waals surface area contributed by atoms with E-state index >= 15 is 0 Å². The standard InChI is InChI=1S/C11H20N4/c1-9-13-14-11(7-8-12-2)15(9)10-5-3-4-6-10/h10,12H,3-8H2,1-2H3. The lowest BCUT2D eigenvalue weighted by molar-refractivity contribution is 0.484. The van der Waals surface area contributed by atoms with Crippen LogP contribution in [-0.4, -0.2) is 28.4 Å². The minimum atomic E-state index is 0.659. The Kier molecular flexibility index (Phi) is 3.36. The molecule has 1 N–H and O–H groups in total. The highest BCUT2D eigenvalue weighted by molar-refractivity contribution is 4.99. The summed E-state index contributed by atoms with van der Waals surface area (Å²) in [6.45, 7) is 3.04. The normalized spacial score (nSPS) is 17.5. The van der Waals surface area contributed by atoms with Crippen molar-refractivity contribution in [3.63, 3.8) is 0 Å². The van der Waals surface area contributed by atoms with Crippen molar-refractivity contribution in [1.29, 1.82) is 0 Å². The molecule has 0 aliphatic heterocycles. The van der Waals surface area contributed by atoms with Gasteiger partial charge in [-0.1, -0.05) is 12.8 Å². The molecule has 1 fully saturated rings. The molecule has 0 radical (unpaired) electrons. The second-order valence-corrected chi connectivity index (χ2v) is 4.33. The third kappa shape index (κ3) is 2.20. The quantitative estimate of drug-likeness (QED) is 0.814. The second-order valence-electron chi connectivity index (χ2n) is 4.33. The molecule has 0 aromatic carbocycles. The Labute approximate surface area is 91.1 Å². The summed E-state index contributed by atoms with van der Waals surface area (Å²) in [5.41, 5.74) is 0.